The van der Waals surface area contributed by atoms with Crippen LogP contribution in [-0.2, 0) is 0 Å². The van der Waals surface area contributed by atoms with E-state index in [1.54, 1.807) is 6.07 Å². The van der Waals surface area contributed by atoms with Gasteiger partial charge in [-0.15, -0.1) is 11.3 Å². The summed E-state index contributed by atoms with van der Waals surface area (Å²) in [5.41, 5.74) is 7.52. The standard InChI is InChI=1S/C19H19N3O3S/c1-10(2)11-3-5-12(6-4-11)21-19(25)22-18-16(17(20)24)14-8-7-13(23)9-15(14)26-18/h3-10,23H,1-2H3,(H2,20,24)(H2,21,22,25). The third kappa shape index (κ3) is 3.62. The zero-order valence-corrected chi connectivity index (χ0v) is 15.2. The highest BCUT2D eigenvalue weighted by atomic mass is 32.1. The summed E-state index contributed by atoms with van der Waals surface area (Å²) in [6.07, 6.45) is 0. The second-order valence-corrected chi connectivity index (χ2v) is 7.26. The van der Waals surface area contributed by atoms with Crippen LogP contribution in [0, 0.1) is 0 Å². The lowest BCUT2D eigenvalue weighted by molar-refractivity contribution is 0.100. The monoisotopic (exact) mass is 369 g/mol. The highest BCUT2D eigenvalue weighted by Gasteiger charge is 2.19. The van der Waals surface area contributed by atoms with Gasteiger partial charge in [-0.3, -0.25) is 10.1 Å². The van der Waals surface area contributed by atoms with E-state index >= 15 is 0 Å². The van der Waals surface area contributed by atoms with Crippen LogP contribution >= 0.6 is 11.3 Å². The Labute approximate surface area is 154 Å². The molecule has 0 fully saturated rings. The molecular formula is C19H19N3O3S. The third-order valence-corrected chi connectivity index (χ3v) is 5.05. The summed E-state index contributed by atoms with van der Waals surface area (Å²) >= 11 is 1.18. The van der Waals surface area contributed by atoms with E-state index in [1.165, 1.54) is 29.0 Å². The smallest absolute Gasteiger partial charge is 0.324 e. The van der Waals surface area contributed by atoms with Gasteiger partial charge >= 0.3 is 6.03 Å². The second-order valence-electron chi connectivity index (χ2n) is 6.21. The minimum absolute atomic E-state index is 0.0796. The Morgan fingerprint density at radius 1 is 1.08 bits per heavy atom. The number of primary amides is 1. The lowest BCUT2D eigenvalue weighted by Gasteiger charge is -2.09. The topological polar surface area (TPSA) is 104 Å². The molecule has 134 valence electrons. The van der Waals surface area contributed by atoms with Crippen molar-refractivity contribution < 1.29 is 14.7 Å². The molecule has 0 spiro atoms. The van der Waals surface area contributed by atoms with Crippen LogP contribution in [-0.4, -0.2) is 17.0 Å². The Kier molecular flexibility index (Phi) is 4.81. The Balaban J connectivity index is 1.82. The number of carbonyl (C=O) groups excluding carboxylic acids is 2. The molecule has 0 aliphatic carbocycles. The first-order chi connectivity index (χ1) is 12.3. The SMILES string of the molecule is CC(C)c1ccc(NC(=O)Nc2sc3cc(O)ccc3c2C(N)=O)cc1. The van der Waals surface area contributed by atoms with E-state index in [9.17, 15) is 14.7 Å². The number of thiophene rings is 1. The van der Waals surface area contributed by atoms with E-state index in [0.717, 1.165) is 0 Å². The minimum atomic E-state index is -0.640. The molecule has 0 radical (unpaired) electrons. The van der Waals surface area contributed by atoms with Gasteiger partial charge in [0.15, 0.2) is 0 Å². The van der Waals surface area contributed by atoms with Crippen LogP contribution in [0.1, 0.15) is 35.7 Å². The number of rotatable bonds is 4. The van der Waals surface area contributed by atoms with E-state index in [1.807, 2.05) is 24.3 Å². The molecule has 3 aromatic rings. The fourth-order valence-electron chi connectivity index (χ4n) is 2.63. The lowest BCUT2D eigenvalue weighted by Crippen LogP contribution is -2.21. The average Bonchev–Trinajstić information content (AvgIpc) is 2.91. The maximum atomic E-state index is 12.3. The molecule has 3 rings (SSSR count). The number of phenolic OH excluding ortho intramolecular Hbond substituents is 1. The number of amides is 3. The summed E-state index contributed by atoms with van der Waals surface area (Å²) in [4.78, 5) is 24.1. The number of hydrogen-bond acceptors (Lipinski definition) is 4. The van der Waals surface area contributed by atoms with Crippen LogP contribution in [0.5, 0.6) is 5.75 Å². The fraction of sp³-hybridized carbons (Fsp3) is 0.158. The number of hydrogen-bond donors (Lipinski definition) is 4. The van der Waals surface area contributed by atoms with Crippen molar-refractivity contribution in [3.05, 3.63) is 53.6 Å². The quantitative estimate of drug-likeness (QED) is 0.545. The number of fused-ring (bicyclic) bond motifs is 1. The van der Waals surface area contributed by atoms with Crippen LogP contribution in [0.3, 0.4) is 0 Å². The molecule has 1 heterocycles. The van der Waals surface area contributed by atoms with Gasteiger partial charge in [-0.25, -0.2) is 4.79 Å². The first-order valence-corrected chi connectivity index (χ1v) is 8.90. The van der Waals surface area contributed by atoms with E-state index in [-0.39, 0.29) is 11.3 Å². The van der Waals surface area contributed by atoms with Gasteiger partial charge in [0.2, 0.25) is 0 Å². The number of nitrogens with two attached hydrogens (primary N) is 1. The summed E-state index contributed by atoms with van der Waals surface area (Å²) in [7, 11) is 0. The molecule has 0 aliphatic rings. The summed E-state index contributed by atoms with van der Waals surface area (Å²) in [5, 5.41) is 15.9. The molecule has 0 unspecified atom stereocenters. The van der Waals surface area contributed by atoms with Gasteiger partial charge in [-0.05, 0) is 41.8 Å². The first kappa shape index (κ1) is 17.8. The lowest BCUT2D eigenvalue weighted by atomic mass is 10.0. The van der Waals surface area contributed by atoms with E-state index in [4.69, 9.17) is 5.73 Å². The Hall–Kier alpha value is -3.06. The number of benzene rings is 2. The van der Waals surface area contributed by atoms with Gasteiger partial charge in [-0.1, -0.05) is 26.0 Å². The van der Waals surface area contributed by atoms with E-state index in [0.29, 0.717) is 26.7 Å². The largest absolute Gasteiger partial charge is 0.508 e. The van der Waals surface area contributed by atoms with Crippen LogP contribution in [0.4, 0.5) is 15.5 Å². The summed E-state index contributed by atoms with van der Waals surface area (Å²) < 4.78 is 0.662. The maximum absolute atomic E-state index is 12.3. The number of nitrogens with one attached hydrogen (secondary N) is 2. The van der Waals surface area contributed by atoms with Crippen LogP contribution in [0.2, 0.25) is 0 Å². The fourth-order valence-corrected chi connectivity index (χ4v) is 3.77. The second kappa shape index (κ2) is 7.05. The zero-order chi connectivity index (χ0) is 18.8. The van der Waals surface area contributed by atoms with Crippen molar-refractivity contribution in [2.45, 2.75) is 19.8 Å². The van der Waals surface area contributed by atoms with Gasteiger partial charge in [0, 0.05) is 15.8 Å². The van der Waals surface area contributed by atoms with Gasteiger partial charge in [-0.2, -0.15) is 0 Å². The van der Waals surface area contributed by atoms with Crippen LogP contribution < -0.4 is 16.4 Å². The van der Waals surface area contributed by atoms with Gasteiger partial charge < -0.3 is 16.2 Å². The average molecular weight is 369 g/mol. The van der Waals surface area contributed by atoms with Crippen molar-refractivity contribution in [2.75, 3.05) is 10.6 Å². The number of carbonyl (C=O) groups is 2. The Morgan fingerprint density at radius 2 is 1.77 bits per heavy atom. The van der Waals surface area contributed by atoms with Crippen LogP contribution in [0.25, 0.3) is 10.1 Å². The summed E-state index contributed by atoms with van der Waals surface area (Å²) in [5.74, 6) is -0.152. The van der Waals surface area contributed by atoms with E-state index < -0.39 is 11.9 Å². The van der Waals surface area contributed by atoms with Crippen molar-refractivity contribution >= 4 is 44.0 Å². The van der Waals surface area contributed by atoms with Crippen molar-refractivity contribution in [3.63, 3.8) is 0 Å². The van der Waals surface area contributed by atoms with E-state index in [2.05, 4.69) is 24.5 Å². The molecule has 0 bridgehead atoms. The Bertz CT molecular complexity index is 978. The molecule has 26 heavy (non-hydrogen) atoms. The van der Waals surface area contributed by atoms with Gasteiger partial charge in [0.05, 0.1) is 5.56 Å². The Morgan fingerprint density at radius 3 is 2.38 bits per heavy atom. The molecule has 6 nitrogen and oxygen atoms in total. The summed E-state index contributed by atoms with van der Waals surface area (Å²) in [6, 6.07) is 11.7. The molecule has 5 N–H and O–H groups in total. The van der Waals surface area contributed by atoms with Crippen molar-refractivity contribution in [2.24, 2.45) is 5.73 Å². The first-order valence-electron chi connectivity index (χ1n) is 8.08. The molecule has 0 atom stereocenters. The number of anilines is 2. The van der Waals surface area contributed by atoms with Gasteiger partial charge in [0.1, 0.15) is 10.8 Å². The van der Waals surface area contributed by atoms with Gasteiger partial charge in [0.25, 0.3) is 5.91 Å². The third-order valence-electron chi connectivity index (χ3n) is 3.98. The number of urea groups is 1. The number of aromatic hydroxyl groups is 1. The number of phenols is 1. The summed E-state index contributed by atoms with van der Waals surface area (Å²) in [6.45, 7) is 4.19. The minimum Gasteiger partial charge on any atom is -0.508 e. The molecule has 0 saturated heterocycles. The molecule has 0 saturated carbocycles. The van der Waals surface area contributed by atoms with Crippen molar-refractivity contribution in [1.29, 1.82) is 0 Å². The van der Waals surface area contributed by atoms with Crippen molar-refractivity contribution in [1.82, 2.24) is 0 Å². The molecule has 7 heteroatoms. The molecule has 0 aliphatic heterocycles. The molecule has 2 aromatic carbocycles. The van der Waals surface area contributed by atoms with Crippen molar-refractivity contribution in [3.8, 4) is 5.75 Å². The zero-order valence-electron chi connectivity index (χ0n) is 14.4. The molecule has 3 amide bonds. The molecular weight excluding hydrogens is 350 g/mol. The predicted octanol–water partition coefficient (Wildman–Crippen LogP) is 4.47. The predicted molar refractivity (Wildman–Crippen MR) is 105 cm³/mol. The maximum Gasteiger partial charge on any atom is 0.324 e. The highest BCUT2D eigenvalue weighted by Crippen LogP contribution is 2.37. The van der Waals surface area contributed by atoms with Crippen LogP contribution in [0.15, 0.2) is 42.5 Å². The normalized spacial score (nSPS) is 10.9. The molecule has 1 aromatic heterocycles. The highest BCUT2D eigenvalue weighted by molar-refractivity contribution is 7.23.